The number of nitrogens with two attached hydrogens (primary N) is 1. The van der Waals surface area contributed by atoms with Gasteiger partial charge in [-0.25, -0.2) is 0 Å². The highest BCUT2D eigenvalue weighted by Crippen LogP contribution is 2.69. The summed E-state index contributed by atoms with van der Waals surface area (Å²) in [5, 5.41) is 26.3. The molecule has 4 N–H and O–H groups in total. The minimum atomic E-state index is -0.545. The molecule has 0 bridgehead atoms. The van der Waals surface area contributed by atoms with Gasteiger partial charge in [0.2, 0.25) is 0 Å². The van der Waals surface area contributed by atoms with Crippen LogP contribution in [-0.4, -0.2) is 41.3 Å². The molecule has 0 heterocycles. The predicted octanol–water partition coefficient (Wildman–Crippen LogP) is 3.47. The van der Waals surface area contributed by atoms with E-state index in [0.29, 0.717) is 42.2 Å². The average molecular weight is 393 g/mol. The molecule has 28 heavy (non-hydrogen) atoms. The van der Waals surface area contributed by atoms with E-state index in [1.54, 1.807) is 0 Å². The Balaban J connectivity index is 1.51. The average Bonchev–Trinajstić information content (AvgIpc) is 2.93. The van der Waals surface area contributed by atoms with Gasteiger partial charge < -0.3 is 20.8 Å². The lowest BCUT2D eigenvalue weighted by atomic mass is 9.43. The summed E-state index contributed by atoms with van der Waals surface area (Å²) in [6.45, 7) is 5.76. The molecular formula is C23H40N2O3. The van der Waals surface area contributed by atoms with E-state index in [9.17, 15) is 10.2 Å². The lowest BCUT2D eigenvalue weighted by Gasteiger charge is -2.63. The number of hydrogen-bond acceptors (Lipinski definition) is 5. The quantitative estimate of drug-likeness (QED) is 0.380. The first-order valence-corrected chi connectivity index (χ1v) is 11.6. The Kier molecular flexibility index (Phi) is 5.56. The fraction of sp³-hybridized carbons (Fsp3) is 0.957. The summed E-state index contributed by atoms with van der Waals surface area (Å²) in [4.78, 5) is 5.17. The lowest BCUT2D eigenvalue weighted by Crippen LogP contribution is -2.62. The van der Waals surface area contributed by atoms with Crippen molar-refractivity contribution in [3.8, 4) is 0 Å². The molecule has 8 atom stereocenters. The molecule has 0 amide bonds. The first-order valence-electron chi connectivity index (χ1n) is 11.6. The Hall–Kier alpha value is -0.650. The molecule has 5 heteroatoms. The van der Waals surface area contributed by atoms with Crippen molar-refractivity contribution in [3.63, 3.8) is 0 Å². The first-order chi connectivity index (χ1) is 13.3. The summed E-state index contributed by atoms with van der Waals surface area (Å²) < 4.78 is 0. The minimum absolute atomic E-state index is 0.0224. The maximum atomic E-state index is 12.1. The molecule has 4 fully saturated rings. The van der Waals surface area contributed by atoms with Crippen molar-refractivity contribution in [1.29, 1.82) is 0 Å². The second kappa shape index (κ2) is 7.55. The highest BCUT2D eigenvalue weighted by atomic mass is 16.6. The van der Waals surface area contributed by atoms with Crippen LogP contribution < -0.4 is 5.73 Å². The maximum Gasteiger partial charge on any atom is 0.129 e. The SMILES string of the molecule is C[C@]12CC[C@H](O)C[C@H]1CC[C@@H]1[C@@H]2CC[C@]2(C)[C@@H](CC=NOCCN)CC[C@]12O. The van der Waals surface area contributed by atoms with E-state index in [0.717, 1.165) is 51.4 Å². The Labute approximate surface area is 170 Å². The Morgan fingerprint density at radius 1 is 1.07 bits per heavy atom. The van der Waals surface area contributed by atoms with E-state index in [1.807, 2.05) is 6.21 Å². The molecule has 160 valence electrons. The maximum absolute atomic E-state index is 12.1. The number of fused-ring (bicyclic) bond motifs is 5. The largest absolute Gasteiger partial charge is 0.395 e. The molecule has 4 saturated carbocycles. The molecule has 0 aromatic carbocycles. The van der Waals surface area contributed by atoms with Crippen LogP contribution in [0.2, 0.25) is 0 Å². The zero-order valence-electron chi connectivity index (χ0n) is 17.8. The van der Waals surface area contributed by atoms with Gasteiger partial charge >= 0.3 is 0 Å². The molecular weight excluding hydrogens is 352 g/mol. The van der Waals surface area contributed by atoms with Crippen molar-refractivity contribution < 1.29 is 15.1 Å². The van der Waals surface area contributed by atoms with Gasteiger partial charge in [-0.15, -0.1) is 0 Å². The Bertz CT molecular complexity index is 598. The number of aliphatic hydroxyl groups is 2. The van der Waals surface area contributed by atoms with E-state index in [-0.39, 0.29) is 11.5 Å². The molecule has 0 aromatic rings. The summed E-state index contributed by atoms with van der Waals surface area (Å²) in [5.74, 6) is 2.13. The van der Waals surface area contributed by atoms with Crippen LogP contribution in [0.5, 0.6) is 0 Å². The van der Waals surface area contributed by atoms with Crippen LogP contribution in [0.25, 0.3) is 0 Å². The van der Waals surface area contributed by atoms with Gasteiger partial charge in [0.05, 0.1) is 11.7 Å². The van der Waals surface area contributed by atoms with Crippen molar-refractivity contribution in [2.45, 2.75) is 89.8 Å². The highest BCUT2D eigenvalue weighted by molar-refractivity contribution is 5.57. The molecule has 4 aliphatic carbocycles. The smallest absolute Gasteiger partial charge is 0.129 e. The minimum Gasteiger partial charge on any atom is -0.395 e. The Morgan fingerprint density at radius 2 is 1.89 bits per heavy atom. The fourth-order valence-corrected chi connectivity index (χ4v) is 8.02. The van der Waals surface area contributed by atoms with Crippen LogP contribution in [-0.2, 0) is 4.84 Å². The summed E-state index contributed by atoms with van der Waals surface area (Å²) in [6.07, 6.45) is 12.3. The molecule has 0 aliphatic heterocycles. The predicted molar refractivity (Wildman–Crippen MR) is 111 cm³/mol. The van der Waals surface area contributed by atoms with Crippen molar-refractivity contribution >= 4 is 6.21 Å². The number of aliphatic hydroxyl groups excluding tert-OH is 1. The number of oxime groups is 1. The van der Waals surface area contributed by atoms with Crippen molar-refractivity contribution in [2.24, 2.45) is 45.4 Å². The van der Waals surface area contributed by atoms with E-state index < -0.39 is 5.60 Å². The van der Waals surface area contributed by atoms with E-state index in [2.05, 4.69) is 19.0 Å². The second-order valence-corrected chi connectivity index (χ2v) is 10.7. The fourth-order valence-electron chi connectivity index (χ4n) is 8.02. The van der Waals surface area contributed by atoms with Crippen LogP contribution in [0.1, 0.15) is 78.1 Å². The van der Waals surface area contributed by atoms with Gasteiger partial charge in [0.15, 0.2) is 0 Å². The molecule has 0 unspecified atom stereocenters. The molecule has 0 spiro atoms. The number of nitrogens with zero attached hydrogens (tertiary/aromatic N) is 1. The Morgan fingerprint density at radius 3 is 2.68 bits per heavy atom. The monoisotopic (exact) mass is 392 g/mol. The molecule has 0 aromatic heterocycles. The van der Waals surface area contributed by atoms with Crippen LogP contribution in [0.4, 0.5) is 0 Å². The van der Waals surface area contributed by atoms with E-state index in [1.165, 1.54) is 12.8 Å². The van der Waals surface area contributed by atoms with Gasteiger partial charge in [-0.3, -0.25) is 0 Å². The molecule has 5 nitrogen and oxygen atoms in total. The summed E-state index contributed by atoms with van der Waals surface area (Å²) in [5.41, 5.74) is 5.17. The molecule has 0 saturated heterocycles. The third-order valence-corrected chi connectivity index (χ3v) is 9.76. The van der Waals surface area contributed by atoms with Crippen molar-refractivity contribution in [3.05, 3.63) is 0 Å². The van der Waals surface area contributed by atoms with Crippen molar-refractivity contribution in [1.82, 2.24) is 0 Å². The molecule has 4 rings (SSSR count). The van der Waals surface area contributed by atoms with Crippen LogP contribution in [0.15, 0.2) is 5.16 Å². The lowest BCUT2D eigenvalue weighted by molar-refractivity contribution is -0.209. The number of hydrogen-bond donors (Lipinski definition) is 3. The van der Waals surface area contributed by atoms with Gasteiger partial charge in [-0.2, -0.15) is 0 Å². The highest BCUT2D eigenvalue weighted by Gasteiger charge is 2.66. The van der Waals surface area contributed by atoms with E-state index in [4.69, 9.17) is 10.6 Å². The van der Waals surface area contributed by atoms with Gasteiger partial charge in [0.1, 0.15) is 6.61 Å². The van der Waals surface area contributed by atoms with Crippen LogP contribution in [0, 0.1) is 34.5 Å². The van der Waals surface area contributed by atoms with Crippen LogP contribution in [0.3, 0.4) is 0 Å². The number of rotatable bonds is 5. The van der Waals surface area contributed by atoms with Gasteiger partial charge in [-0.1, -0.05) is 19.0 Å². The molecule has 0 radical (unpaired) electrons. The summed E-state index contributed by atoms with van der Waals surface area (Å²) in [7, 11) is 0. The third kappa shape index (κ3) is 3.04. The summed E-state index contributed by atoms with van der Waals surface area (Å²) >= 11 is 0. The van der Waals surface area contributed by atoms with Crippen LogP contribution >= 0.6 is 0 Å². The van der Waals surface area contributed by atoms with Crippen molar-refractivity contribution in [2.75, 3.05) is 13.2 Å². The first kappa shape index (κ1) is 20.6. The second-order valence-electron chi connectivity index (χ2n) is 10.7. The zero-order valence-corrected chi connectivity index (χ0v) is 17.8. The van der Waals surface area contributed by atoms with Gasteiger partial charge in [0, 0.05) is 12.8 Å². The van der Waals surface area contributed by atoms with E-state index >= 15 is 0 Å². The molecule has 4 aliphatic rings. The normalized spacial score (nSPS) is 50.8. The summed E-state index contributed by atoms with van der Waals surface area (Å²) in [6, 6.07) is 0. The van der Waals surface area contributed by atoms with Gasteiger partial charge in [0.25, 0.3) is 0 Å². The third-order valence-electron chi connectivity index (χ3n) is 9.76. The topological polar surface area (TPSA) is 88.1 Å². The standard InChI is InChI=1S/C23H40N2O3/c1-21-9-6-18(26)15-17(21)3-4-20-19(21)7-10-22(2)16(5-11-23(20,22)27)8-13-25-28-14-12-24/h13,16-20,26-27H,3-12,14-15,24H2,1-2H3/t16-,17-,18+,19+,20-,21+,22-,23+/m1/s1. The zero-order chi connectivity index (χ0) is 20.0. The van der Waals surface area contributed by atoms with Gasteiger partial charge in [-0.05, 0) is 98.7 Å².